The zero-order chi connectivity index (χ0) is 11.5. The second-order valence-electron chi connectivity index (χ2n) is 4.93. The van der Waals surface area contributed by atoms with Crippen molar-refractivity contribution in [2.75, 3.05) is 11.9 Å². The maximum atomic E-state index is 4.21. The molecule has 1 heterocycles. The summed E-state index contributed by atoms with van der Waals surface area (Å²) in [5, 5.41) is 6.08. The molecule has 0 saturated heterocycles. The van der Waals surface area contributed by atoms with Crippen molar-refractivity contribution >= 4 is 16.5 Å². The molecule has 1 aliphatic rings. The molecule has 0 amide bonds. The van der Waals surface area contributed by atoms with Gasteiger partial charge in [0, 0.05) is 30.0 Å². The summed E-state index contributed by atoms with van der Waals surface area (Å²) in [4.78, 5) is 4.21. The van der Waals surface area contributed by atoms with Gasteiger partial charge in [0.2, 0.25) is 0 Å². The predicted molar refractivity (Wildman–Crippen MR) is 72.2 cm³/mol. The summed E-state index contributed by atoms with van der Waals surface area (Å²) in [6.45, 7) is 1.11. The highest BCUT2D eigenvalue weighted by molar-refractivity contribution is 5.93. The Morgan fingerprint density at radius 3 is 2.94 bits per heavy atom. The van der Waals surface area contributed by atoms with Gasteiger partial charge in [0.25, 0.3) is 0 Å². The van der Waals surface area contributed by atoms with Crippen LogP contribution in [0.4, 0.5) is 5.69 Å². The van der Waals surface area contributed by atoms with Crippen LogP contribution in [0.25, 0.3) is 10.8 Å². The molecule has 2 nitrogen and oxygen atoms in total. The molecule has 1 aromatic heterocycles. The van der Waals surface area contributed by atoms with Gasteiger partial charge in [0.15, 0.2) is 0 Å². The molecule has 1 aliphatic carbocycles. The van der Waals surface area contributed by atoms with E-state index in [1.165, 1.54) is 42.1 Å². The number of rotatable bonds is 3. The predicted octanol–water partition coefficient (Wildman–Crippen LogP) is 3.84. The van der Waals surface area contributed by atoms with Crippen LogP contribution in [0.15, 0.2) is 36.7 Å². The Morgan fingerprint density at radius 1 is 1.18 bits per heavy atom. The third kappa shape index (κ3) is 2.26. The van der Waals surface area contributed by atoms with Gasteiger partial charge in [-0.2, -0.15) is 0 Å². The minimum atomic E-state index is 0.863. The van der Waals surface area contributed by atoms with Crippen molar-refractivity contribution < 1.29 is 0 Å². The molecule has 88 valence electrons. The highest BCUT2D eigenvalue weighted by atomic mass is 14.9. The maximum absolute atomic E-state index is 4.21. The second-order valence-corrected chi connectivity index (χ2v) is 4.93. The first-order valence-corrected chi connectivity index (χ1v) is 6.50. The molecule has 17 heavy (non-hydrogen) atoms. The Morgan fingerprint density at radius 2 is 2.06 bits per heavy atom. The number of fused-ring (bicyclic) bond motifs is 1. The molecule has 1 aromatic carbocycles. The molecule has 2 heteroatoms. The lowest BCUT2D eigenvalue weighted by molar-refractivity contribution is 0.580. The van der Waals surface area contributed by atoms with Gasteiger partial charge in [-0.05, 0) is 36.3 Å². The van der Waals surface area contributed by atoms with Gasteiger partial charge in [0.1, 0.15) is 0 Å². The first-order valence-electron chi connectivity index (χ1n) is 6.50. The molecule has 0 atom stereocenters. The van der Waals surface area contributed by atoms with E-state index in [0.29, 0.717) is 0 Å². The molecule has 1 N–H and O–H groups in total. The van der Waals surface area contributed by atoms with Crippen LogP contribution in [0.1, 0.15) is 25.7 Å². The quantitative estimate of drug-likeness (QED) is 0.860. The average molecular weight is 226 g/mol. The Balaban J connectivity index is 1.79. The van der Waals surface area contributed by atoms with Crippen LogP contribution in [0, 0.1) is 5.92 Å². The molecule has 1 fully saturated rings. The molecule has 0 spiro atoms. The summed E-state index contributed by atoms with van der Waals surface area (Å²) in [6, 6.07) is 8.46. The minimum absolute atomic E-state index is 0.863. The van der Waals surface area contributed by atoms with Crippen molar-refractivity contribution in [2.24, 2.45) is 5.92 Å². The summed E-state index contributed by atoms with van der Waals surface area (Å²) in [6.07, 6.45) is 9.38. The van der Waals surface area contributed by atoms with Crippen LogP contribution >= 0.6 is 0 Å². The molecule has 3 rings (SSSR count). The van der Waals surface area contributed by atoms with Gasteiger partial charge in [-0.25, -0.2) is 0 Å². The zero-order valence-electron chi connectivity index (χ0n) is 10.0. The number of hydrogen-bond donors (Lipinski definition) is 1. The smallest absolute Gasteiger partial charge is 0.0435 e. The van der Waals surface area contributed by atoms with Crippen LogP contribution in [0.2, 0.25) is 0 Å². The molecule has 1 saturated carbocycles. The fourth-order valence-corrected chi connectivity index (χ4v) is 2.74. The number of pyridine rings is 1. The first kappa shape index (κ1) is 10.6. The largest absolute Gasteiger partial charge is 0.384 e. The van der Waals surface area contributed by atoms with Gasteiger partial charge in [-0.1, -0.05) is 25.0 Å². The molecular weight excluding hydrogens is 208 g/mol. The Kier molecular flexibility index (Phi) is 2.95. The first-order chi connectivity index (χ1) is 8.43. The van der Waals surface area contributed by atoms with E-state index in [9.17, 15) is 0 Å². The second kappa shape index (κ2) is 4.74. The van der Waals surface area contributed by atoms with Gasteiger partial charge >= 0.3 is 0 Å². The average Bonchev–Trinajstić information content (AvgIpc) is 2.89. The molecule has 0 unspecified atom stereocenters. The molecule has 0 bridgehead atoms. The molecule has 0 radical (unpaired) electrons. The zero-order valence-corrected chi connectivity index (χ0v) is 10.0. The van der Waals surface area contributed by atoms with Crippen LogP contribution in [-0.2, 0) is 0 Å². The van der Waals surface area contributed by atoms with Gasteiger partial charge in [0.05, 0.1) is 0 Å². The van der Waals surface area contributed by atoms with Crippen molar-refractivity contribution in [3.63, 3.8) is 0 Å². The number of aromatic nitrogens is 1. The van der Waals surface area contributed by atoms with E-state index in [0.717, 1.165) is 12.5 Å². The summed E-state index contributed by atoms with van der Waals surface area (Å²) < 4.78 is 0. The molecule has 0 aliphatic heterocycles. The van der Waals surface area contributed by atoms with E-state index in [4.69, 9.17) is 0 Å². The van der Waals surface area contributed by atoms with E-state index >= 15 is 0 Å². The van der Waals surface area contributed by atoms with E-state index in [1.807, 2.05) is 12.4 Å². The van der Waals surface area contributed by atoms with Gasteiger partial charge < -0.3 is 5.32 Å². The van der Waals surface area contributed by atoms with Crippen molar-refractivity contribution in [1.29, 1.82) is 0 Å². The third-order valence-electron chi connectivity index (χ3n) is 3.74. The van der Waals surface area contributed by atoms with Crippen molar-refractivity contribution in [3.8, 4) is 0 Å². The van der Waals surface area contributed by atoms with Crippen LogP contribution in [0.3, 0.4) is 0 Å². The summed E-state index contributed by atoms with van der Waals surface area (Å²) >= 11 is 0. The van der Waals surface area contributed by atoms with Crippen LogP contribution in [0.5, 0.6) is 0 Å². The van der Waals surface area contributed by atoms with Crippen molar-refractivity contribution in [3.05, 3.63) is 36.7 Å². The van der Waals surface area contributed by atoms with E-state index in [1.54, 1.807) is 0 Å². The monoisotopic (exact) mass is 226 g/mol. The van der Waals surface area contributed by atoms with E-state index in [-0.39, 0.29) is 0 Å². The number of benzene rings is 1. The Hall–Kier alpha value is -1.57. The molecule has 2 aromatic rings. The SMILES string of the molecule is c1cc(NCC2CCCC2)c2cnccc2c1. The number of nitrogens with one attached hydrogen (secondary N) is 1. The molecular formula is C15H18N2. The fraction of sp³-hybridized carbons (Fsp3) is 0.400. The number of hydrogen-bond acceptors (Lipinski definition) is 2. The Bertz CT molecular complexity index is 496. The topological polar surface area (TPSA) is 24.9 Å². The van der Waals surface area contributed by atoms with Gasteiger partial charge in [-0.3, -0.25) is 4.98 Å². The maximum Gasteiger partial charge on any atom is 0.0435 e. The number of anilines is 1. The lowest BCUT2D eigenvalue weighted by Gasteiger charge is -2.13. The van der Waals surface area contributed by atoms with Crippen LogP contribution in [-0.4, -0.2) is 11.5 Å². The lowest BCUT2D eigenvalue weighted by Crippen LogP contribution is -2.11. The van der Waals surface area contributed by atoms with Crippen molar-refractivity contribution in [1.82, 2.24) is 4.98 Å². The lowest BCUT2D eigenvalue weighted by atomic mass is 10.1. The Labute approximate surface area is 102 Å². The summed E-state index contributed by atoms with van der Waals surface area (Å²) in [7, 11) is 0. The van der Waals surface area contributed by atoms with E-state index < -0.39 is 0 Å². The standard InChI is InChI=1S/C15H18N2/c1-2-5-12(4-1)10-17-15-7-3-6-13-8-9-16-11-14(13)15/h3,6-9,11-12,17H,1-2,4-5,10H2. The van der Waals surface area contributed by atoms with Crippen molar-refractivity contribution in [2.45, 2.75) is 25.7 Å². The highest BCUT2D eigenvalue weighted by Crippen LogP contribution is 2.27. The van der Waals surface area contributed by atoms with Gasteiger partial charge in [-0.15, -0.1) is 0 Å². The minimum Gasteiger partial charge on any atom is -0.384 e. The number of nitrogens with zero attached hydrogens (tertiary/aromatic N) is 1. The highest BCUT2D eigenvalue weighted by Gasteiger charge is 2.14. The summed E-state index contributed by atoms with van der Waals surface area (Å²) in [5.41, 5.74) is 1.22. The summed E-state index contributed by atoms with van der Waals surface area (Å²) in [5.74, 6) is 0.863. The van der Waals surface area contributed by atoms with E-state index in [2.05, 4.69) is 34.6 Å². The third-order valence-corrected chi connectivity index (χ3v) is 3.74. The van der Waals surface area contributed by atoms with Crippen LogP contribution < -0.4 is 5.32 Å². The fourth-order valence-electron chi connectivity index (χ4n) is 2.74. The normalized spacial score (nSPS) is 16.5.